The molecular formula is C8H6F4N2O2S. The molecule has 0 aromatic heterocycles. The van der Waals surface area contributed by atoms with Crippen LogP contribution >= 0.6 is 11.9 Å². The summed E-state index contributed by atoms with van der Waals surface area (Å²) in [6.07, 6.45) is -4.98. The first-order valence-electron chi connectivity index (χ1n) is 4.06. The third-order valence-electron chi connectivity index (χ3n) is 1.42. The van der Waals surface area contributed by atoms with Crippen molar-refractivity contribution in [1.82, 2.24) is 4.72 Å². The first-order chi connectivity index (χ1) is 7.79. The normalized spacial score (nSPS) is 11.1. The van der Waals surface area contributed by atoms with Crippen molar-refractivity contribution in [2.24, 2.45) is 5.73 Å². The first-order valence-corrected chi connectivity index (χ1v) is 4.88. The Bertz CT molecular complexity index is 424. The number of amides is 2. The second-order valence-corrected chi connectivity index (χ2v) is 3.53. The summed E-state index contributed by atoms with van der Waals surface area (Å²) in [5, 5.41) is 0. The van der Waals surface area contributed by atoms with Crippen molar-refractivity contribution < 1.29 is 27.1 Å². The number of rotatable bonds is 3. The number of nitrogens with two attached hydrogens (primary N) is 1. The highest BCUT2D eigenvalue weighted by molar-refractivity contribution is 7.98. The predicted molar refractivity (Wildman–Crippen MR) is 51.7 cm³/mol. The van der Waals surface area contributed by atoms with Crippen LogP contribution in [0.5, 0.6) is 5.75 Å². The lowest BCUT2D eigenvalue weighted by atomic mass is 10.3. The van der Waals surface area contributed by atoms with Crippen molar-refractivity contribution in [3.63, 3.8) is 0 Å². The maximum atomic E-state index is 13.4. The Morgan fingerprint density at radius 1 is 1.41 bits per heavy atom. The third-order valence-corrected chi connectivity index (χ3v) is 2.25. The highest BCUT2D eigenvalue weighted by Crippen LogP contribution is 2.30. The Morgan fingerprint density at radius 3 is 2.59 bits per heavy atom. The van der Waals surface area contributed by atoms with Crippen molar-refractivity contribution in [2.75, 3.05) is 0 Å². The Hall–Kier alpha value is -1.64. The van der Waals surface area contributed by atoms with Crippen molar-refractivity contribution in [1.29, 1.82) is 0 Å². The van der Waals surface area contributed by atoms with Crippen molar-refractivity contribution in [3.8, 4) is 5.75 Å². The Kier molecular flexibility index (Phi) is 4.05. The molecule has 0 aliphatic heterocycles. The monoisotopic (exact) mass is 270 g/mol. The second-order valence-electron chi connectivity index (χ2n) is 2.68. The standard InChI is InChI=1S/C8H6F4N2O2S/c9-6-4(16-8(10,11)12)2-1-3-5(6)17-14-7(13)15/h1-3H,(H3,13,14,15). The number of nitrogens with one attached hydrogen (secondary N) is 1. The summed E-state index contributed by atoms with van der Waals surface area (Å²) in [5.41, 5.74) is 4.73. The average Bonchev–Trinajstić information content (AvgIpc) is 2.17. The minimum absolute atomic E-state index is 0.245. The van der Waals surface area contributed by atoms with Crippen LogP contribution in [0.25, 0.3) is 0 Å². The first kappa shape index (κ1) is 13.4. The van der Waals surface area contributed by atoms with Gasteiger partial charge in [0.2, 0.25) is 0 Å². The molecule has 0 fully saturated rings. The van der Waals surface area contributed by atoms with Gasteiger partial charge in [0, 0.05) is 0 Å². The minimum atomic E-state index is -4.98. The fourth-order valence-corrected chi connectivity index (χ4v) is 1.43. The van der Waals surface area contributed by atoms with Crippen LogP contribution in [0.2, 0.25) is 0 Å². The van der Waals surface area contributed by atoms with Crippen LogP contribution in [0.1, 0.15) is 0 Å². The van der Waals surface area contributed by atoms with Gasteiger partial charge in [-0.3, -0.25) is 4.72 Å². The van der Waals surface area contributed by atoms with Gasteiger partial charge in [-0.15, -0.1) is 13.2 Å². The Balaban J connectivity index is 2.87. The van der Waals surface area contributed by atoms with E-state index in [0.29, 0.717) is 11.9 Å². The lowest BCUT2D eigenvalue weighted by Gasteiger charge is -2.11. The van der Waals surface area contributed by atoms with Gasteiger partial charge in [-0.2, -0.15) is 0 Å². The molecular weight excluding hydrogens is 264 g/mol. The summed E-state index contributed by atoms with van der Waals surface area (Å²) >= 11 is 0.448. The Morgan fingerprint density at radius 2 is 2.06 bits per heavy atom. The maximum absolute atomic E-state index is 13.4. The van der Waals surface area contributed by atoms with Crippen LogP contribution in [0.4, 0.5) is 22.4 Å². The molecule has 1 rings (SSSR count). The molecule has 0 aliphatic rings. The van der Waals surface area contributed by atoms with E-state index in [9.17, 15) is 22.4 Å². The number of ether oxygens (including phenoxy) is 1. The molecule has 3 N–H and O–H groups in total. The van der Waals surface area contributed by atoms with Crippen LogP contribution in [0, 0.1) is 5.82 Å². The fourth-order valence-electron chi connectivity index (χ4n) is 0.878. The molecule has 0 saturated heterocycles. The van der Waals surface area contributed by atoms with Crippen molar-refractivity contribution in [2.45, 2.75) is 11.3 Å². The SMILES string of the molecule is NC(=O)NSc1cccc(OC(F)(F)F)c1F. The summed E-state index contributed by atoms with van der Waals surface area (Å²) in [6.45, 7) is 0. The number of halogens is 4. The van der Waals surface area contributed by atoms with Gasteiger partial charge in [0.05, 0.1) is 4.90 Å². The fraction of sp³-hybridized carbons (Fsp3) is 0.125. The van der Waals surface area contributed by atoms with Crippen LogP contribution in [-0.4, -0.2) is 12.4 Å². The molecule has 0 atom stereocenters. The number of hydrogen-bond donors (Lipinski definition) is 2. The molecule has 94 valence electrons. The molecule has 2 amide bonds. The molecule has 1 aromatic carbocycles. The van der Waals surface area contributed by atoms with Gasteiger partial charge in [0.1, 0.15) is 0 Å². The Labute approximate surface area is 97.2 Å². The zero-order chi connectivity index (χ0) is 13.1. The molecule has 1 aromatic rings. The largest absolute Gasteiger partial charge is 0.573 e. The smallest absolute Gasteiger partial charge is 0.403 e. The van der Waals surface area contributed by atoms with Gasteiger partial charge in [-0.1, -0.05) is 6.07 Å². The molecule has 0 unspecified atom stereocenters. The van der Waals surface area contributed by atoms with Crippen LogP contribution in [0.3, 0.4) is 0 Å². The molecule has 0 radical (unpaired) electrons. The van der Waals surface area contributed by atoms with E-state index in [1.807, 2.05) is 4.72 Å². The van der Waals surface area contributed by atoms with Crippen LogP contribution in [-0.2, 0) is 0 Å². The van der Waals surface area contributed by atoms with Gasteiger partial charge in [-0.05, 0) is 24.1 Å². The molecule has 0 aliphatic carbocycles. The number of carbonyl (C=O) groups is 1. The topological polar surface area (TPSA) is 64.4 Å². The predicted octanol–water partition coefficient (Wildman–Crippen LogP) is 2.40. The molecule has 4 nitrogen and oxygen atoms in total. The number of primary amides is 1. The van der Waals surface area contributed by atoms with E-state index in [1.165, 1.54) is 6.07 Å². The van der Waals surface area contributed by atoms with E-state index >= 15 is 0 Å². The highest BCUT2D eigenvalue weighted by Gasteiger charge is 2.32. The van der Waals surface area contributed by atoms with E-state index in [2.05, 4.69) is 4.74 Å². The molecule has 0 saturated carbocycles. The molecule has 0 spiro atoms. The van der Waals surface area contributed by atoms with E-state index in [1.54, 1.807) is 0 Å². The minimum Gasteiger partial charge on any atom is -0.403 e. The van der Waals surface area contributed by atoms with Crippen molar-refractivity contribution in [3.05, 3.63) is 24.0 Å². The number of benzene rings is 1. The van der Waals surface area contributed by atoms with Gasteiger partial charge in [0.25, 0.3) is 0 Å². The lowest BCUT2D eigenvalue weighted by Crippen LogP contribution is -2.23. The number of alkyl halides is 3. The zero-order valence-corrected chi connectivity index (χ0v) is 8.86. The second kappa shape index (κ2) is 5.13. The molecule has 17 heavy (non-hydrogen) atoms. The summed E-state index contributed by atoms with van der Waals surface area (Å²) in [7, 11) is 0. The quantitative estimate of drug-likeness (QED) is 0.654. The number of carbonyl (C=O) groups excluding carboxylic acids is 1. The van der Waals surface area contributed by atoms with E-state index in [4.69, 9.17) is 5.73 Å². The van der Waals surface area contributed by atoms with E-state index in [-0.39, 0.29) is 4.90 Å². The maximum Gasteiger partial charge on any atom is 0.573 e. The summed E-state index contributed by atoms with van der Waals surface area (Å²) in [4.78, 5) is 10.1. The van der Waals surface area contributed by atoms with Crippen LogP contribution < -0.4 is 15.2 Å². The molecule has 9 heteroatoms. The number of urea groups is 1. The zero-order valence-electron chi connectivity index (χ0n) is 8.05. The van der Waals surface area contributed by atoms with E-state index in [0.717, 1.165) is 12.1 Å². The lowest BCUT2D eigenvalue weighted by molar-refractivity contribution is -0.275. The summed E-state index contributed by atoms with van der Waals surface area (Å²) < 4.78 is 54.5. The summed E-state index contributed by atoms with van der Waals surface area (Å²) in [6, 6.07) is 2.18. The van der Waals surface area contributed by atoms with Gasteiger partial charge in [0.15, 0.2) is 11.6 Å². The van der Waals surface area contributed by atoms with Gasteiger partial charge < -0.3 is 10.5 Å². The number of hydrogen-bond acceptors (Lipinski definition) is 3. The molecule has 0 heterocycles. The van der Waals surface area contributed by atoms with Gasteiger partial charge >= 0.3 is 12.4 Å². The summed E-state index contributed by atoms with van der Waals surface area (Å²) in [5.74, 6) is -2.21. The highest BCUT2D eigenvalue weighted by atomic mass is 32.2. The third kappa shape index (κ3) is 4.39. The van der Waals surface area contributed by atoms with Gasteiger partial charge in [-0.25, -0.2) is 9.18 Å². The average molecular weight is 270 g/mol. The van der Waals surface area contributed by atoms with E-state index < -0.39 is 24.0 Å². The molecule has 0 bridgehead atoms. The van der Waals surface area contributed by atoms with Crippen LogP contribution in [0.15, 0.2) is 23.1 Å². The van der Waals surface area contributed by atoms with Crippen molar-refractivity contribution >= 4 is 18.0 Å².